The molecule has 1 N–H and O–H groups in total. The Morgan fingerprint density at radius 3 is 2.80 bits per heavy atom. The van der Waals surface area contributed by atoms with Gasteiger partial charge in [-0.2, -0.15) is 0 Å². The second-order valence-electron chi connectivity index (χ2n) is 5.63. The zero-order valence-electron chi connectivity index (χ0n) is 13.0. The number of ether oxygens (including phenoxy) is 1. The van der Waals surface area contributed by atoms with Crippen LogP contribution in [0.1, 0.15) is 59.3 Å². The Hall–Kier alpha value is -0.510. The second-order valence-corrected chi connectivity index (χ2v) is 6.43. The van der Waals surface area contributed by atoms with Gasteiger partial charge in [-0.3, -0.25) is 0 Å². The molecule has 0 unspecified atom stereocenters. The minimum Gasteiger partial charge on any atom is -0.463 e. The van der Waals surface area contributed by atoms with Crippen LogP contribution in [-0.2, 0) is 9.53 Å². The van der Waals surface area contributed by atoms with Gasteiger partial charge in [0.05, 0.1) is 12.2 Å². The smallest absolute Gasteiger partial charge is 0.335 e. The average molecular weight is 346 g/mol. The number of rotatable bonds is 8. The van der Waals surface area contributed by atoms with Crippen molar-refractivity contribution in [3.05, 3.63) is 11.3 Å². The van der Waals surface area contributed by atoms with Gasteiger partial charge in [-0.05, 0) is 44.9 Å². The van der Waals surface area contributed by atoms with E-state index in [4.69, 9.17) is 4.74 Å². The van der Waals surface area contributed by atoms with Crippen LogP contribution in [0, 0.1) is 5.92 Å². The third-order valence-corrected chi connectivity index (χ3v) is 4.26. The van der Waals surface area contributed by atoms with Crippen LogP contribution < -0.4 is 5.32 Å². The number of nitrogens with one attached hydrogen (secondary N) is 1. The lowest BCUT2D eigenvalue weighted by atomic mass is 9.87. The van der Waals surface area contributed by atoms with Crippen LogP contribution in [0.2, 0.25) is 0 Å². The normalized spacial score (nSPS) is 20.7. The number of carbonyl (C=O) groups is 1. The van der Waals surface area contributed by atoms with Crippen LogP contribution in [-0.4, -0.2) is 23.9 Å². The van der Waals surface area contributed by atoms with Gasteiger partial charge in [0.15, 0.2) is 0 Å². The lowest BCUT2D eigenvalue weighted by molar-refractivity contribution is -0.138. The summed E-state index contributed by atoms with van der Waals surface area (Å²) < 4.78 is 5.20. The Bertz CT molecular complexity index is 335. The summed E-state index contributed by atoms with van der Waals surface area (Å²) in [7, 11) is 0. The summed E-state index contributed by atoms with van der Waals surface area (Å²) in [5.74, 6) is 0.512. The molecule has 0 saturated heterocycles. The summed E-state index contributed by atoms with van der Waals surface area (Å²) >= 11 is 3.52. The van der Waals surface area contributed by atoms with Crippen molar-refractivity contribution in [2.45, 2.75) is 65.3 Å². The topological polar surface area (TPSA) is 38.3 Å². The number of alkyl halides is 1. The molecular weight excluding hydrogens is 318 g/mol. The van der Waals surface area contributed by atoms with E-state index in [0.29, 0.717) is 18.6 Å². The first kappa shape index (κ1) is 17.5. The molecule has 0 spiro atoms. The van der Waals surface area contributed by atoms with Gasteiger partial charge in [-0.25, -0.2) is 4.79 Å². The zero-order chi connectivity index (χ0) is 15.0. The van der Waals surface area contributed by atoms with Crippen molar-refractivity contribution < 1.29 is 9.53 Å². The summed E-state index contributed by atoms with van der Waals surface area (Å²) in [5, 5.41) is 4.61. The SMILES string of the molecule is CCC[C@@H](CCBr)NC1=C(C(=O)OCC)CC[C@H](C)C1. The highest BCUT2D eigenvalue weighted by molar-refractivity contribution is 9.09. The van der Waals surface area contributed by atoms with Crippen molar-refractivity contribution in [2.24, 2.45) is 5.92 Å². The highest BCUT2D eigenvalue weighted by Gasteiger charge is 2.25. The van der Waals surface area contributed by atoms with E-state index in [2.05, 4.69) is 35.1 Å². The van der Waals surface area contributed by atoms with Crippen molar-refractivity contribution in [1.29, 1.82) is 0 Å². The van der Waals surface area contributed by atoms with Crippen molar-refractivity contribution in [2.75, 3.05) is 11.9 Å². The Kier molecular flexibility index (Phi) is 8.27. The number of esters is 1. The van der Waals surface area contributed by atoms with Gasteiger partial charge in [-0.1, -0.05) is 36.2 Å². The first-order valence-corrected chi connectivity index (χ1v) is 8.96. The third-order valence-electron chi connectivity index (χ3n) is 3.80. The fourth-order valence-corrected chi connectivity index (χ4v) is 3.27. The summed E-state index contributed by atoms with van der Waals surface area (Å²) in [6.45, 7) is 6.77. The molecule has 2 atom stereocenters. The number of carbonyl (C=O) groups excluding carboxylic acids is 1. The maximum Gasteiger partial charge on any atom is 0.335 e. The molecule has 0 aromatic rings. The predicted octanol–water partition coefficient (Wildman–Crippen LogP) is 4.17. The van der Waals surface area contributed by atoms with Gasteiger partial charge in [-0.15, -0.1) is 0 Å². The van der Waals surface area contributed by atoms with Crippen LogP contribution in [0.5, 0.6) is 0 Å². The number of allylic oxidation sites excluding steroid dienone is 1. The van der Waals surface area contributed by atoms with Crippen LogP contribution in [0.4, 0.5) is 0 Å². The molecule has 0 radical (unpaired) electrons. The van der Waals surface area contributed by atoms with E-state index in [1.165, 1.54) is 0 Å². The molecule has 0 fully saturated rings. The first-order chi connectivity index (χ1) is 9.62. The van der Waals surface area contributed by atoms with Crippen molar-refractivity contribution in [3.63, 3.8) is 0 Å². The molecule has 1 aliphatic carbocycles. The molecule has 0 amide bonds. The minimum atomic E-state index is -0.129. The van der Waals surface area contributed by atoms with Crippen LogP contribution >= 0.6 is 15.9 Å². The number of halogens is 1. The third kappa shape index (κ3) is 5.47. The molecule has 3 nitrogen and oxygen atoms in total. The lowest BCUT2D eigenvalue weighted by Gasteiger charge is -2.28. The Balaban J connectivity index is 2.83. The molecular formula is C16H28BrNO2. The van der Waals surface area contributed by atoms with Gasteiger partial charge in [0.25, 0.3) is 0 Å². The molecule has 0 aromatic carbocycles. The van der Waals surface area contributed by atoms with E-state index < -0.39 is 0 Å². The molecule has 0 bridgehead atoms. The molecule has 1 rings (SSSR count). The van der Waals surface area contributed by atoms with Crippen LogP contribution in [0.3, 0.4) is 0 Å². The van der Waals surface area contributed by atoms with Crippen LogP contribution in [0.25, 0.3) is 0 Å². The van der Waals surface area contributed by atoms with Gasteiger partial charge >= 0.3 is 5.97 Å². The van der Waals surface area contributed by atoms with E-state index in [-0.39, 0.29) is 5.97 Å². The minimum absolute atomic E-state index is 0.129. The van der Waals surface area contributed by atoms with Gasteiger partial charge in [0, 0.05) is 17.1 Å². The standard InChI is InChI=1S/C16H28BrNO2/c1-4-6-13(9-10-17)18-15-11-12(3)7-8-14(15)16(19)20-5-2/h12-13,18H,4-11H2,1-3H3/t12-,13-/m0/s1. The summed E-state index contributed by atoms with van der Waals surface area (Å²) in [4.78, 5) is 12.1. The fraction of sp³-hybridized carbons (Fsp3) is 0.812. The molecule has 20 heavy (non-hydrogen) atoms. The maximum absolute atomic E-state index is 12.1. The molecule has 0 heterocycles. The average Bonchev–Trinajstić information content (AvgIpc) is 2.39. The molecule has 0 aromatic heterocycles. The van der Waals surface area contributed by atoms with Crippen LogP contribution in [0.15, 0.2) is 11.3 Å². The highest BCUT2D eigenvalue weighted by Crippen LogP contribution is 2.29. The Morgan fingerprint density at radius 1 is 1.45 bits per heavy atom. The molecule has 0 aliphatic heterocycles. The fourth-order valence-electron chi connectivity index (χ4n) is 2.72. The second kappa shape index (κ2) is 9.43. The van der Waals surface area contributed by atoms with Crippen molar-refractivity contribution in [3.8, 4) is 0 Å². The number of hydrogen-bond acceptors (Lipinski definition) is 3. The molecule has 1 aliphatic rings. The van der Waals surface area contributed by atoms with Crippen molar-refractivity contribution in [1.82, 2.24) is 5.32 Å². The van der Waals surface area contributed by atoms with E-state index >= 15 is 0 Å². The van der Waals surface area contributed by atoms with Crippen molar-refractivity contribution >= 4 is 21.9 Å². The maximum atomic E-state index is 12.1. The van der Waals surface area contributed by atoms with E-state index in [0.717, 1.165) is 55.1 Å². The summed E-state index contributed by atoms with van der Waals surface area (Å²) in [6, 6.07) is 0.448. The molecule has 4 heteroatoms. The number of hydrogen-bond donors (Lipinski definition) is 1. The predicted molar refractivity (Wildman–Crippen MR) is 86.9 cm³/mol. The van der Waals surface area contributed by atoms with Gasteiger partial charge < -0.3 is 10.1 Å². The quantitative estimate of drug-likeness (QED) is 0.530. The molecule has 116 valence electrons. The summed E-state index contributed by atoms with van der Waals surface area (Å²) in [5.41, 5.74) is 2.00. The van der Waals surface area contributed by atoms with E-state index in [9.17, 15) is 4.79 Å². The monoisotopic (exact) mass is 345 g/mol. The Morgan fingerprint density at radius 2 is 2.20 bits per heavy atom. The highest BCUT2D eigenvalue weighted by atomic mass is 79.9. The Labute approximate surface area is 131 Å². The van der Waals surface area contributed by atoms with E-state index in [1.807, 2.05) is 6.92 Å². The summed E-state index contributed by atoms with van der Waals surface area (Å²) in [6.07, 6.45) is 6.27. The largest absolute Gasteiger partial charge is 0.463 e. The van der Waals surface area contributed by atoms with E-state index in [1.54, 1.807) is 0 Å². The molecule has 0 saturated carbocycles. The zero-order valence-corrected chi connectivity index (χ0v) is 14.6. The van der Waals surface area contributed by atoms with Gasteiger partial charge in [0.1, 0.15) is 0 Å². The lowest BCUT2D eigenvalue weighted by Crippen LogP contribution is -2.33. The first-order valence-electron chi connectivity index (χ1n) is 7.83. The van der Waals surface area contributed by atoms with Gasteiger partial charge in [0.2, 0.25) is 0 Å².